The van der Waals surface area contributed by atoms with Gasteiger partial charge in [0.15, 0.2) is 0 Å². The molecule has 0 heterocycles. The van der Waals surface area contributed by atoms with Crippen LogP contribution in [0.1, 0.15) is 90.9 Å². The SMILES string of the molecule is CCCCCC(O)/C=C/[C@H]1CCC[C@@H]1CCCCCC(C)C(=O)O. The van der Waals surface area contributed by atoms with Gasteiger partial charge in [0.25, 0.3) is 0 Å². The van der Waals surface area contributed by atoms with Crippen molar-refractivity contribution in [1.29, 1.82) is 0 Å². The summed E-state index contributed by atoms with van der Waals surface area (Å²) in [4.78, 5) is 10.8. The Labute approximate surface area is 148 Å². The molecule has 0 bridgehead atoms. The highest BCUT2D eigenvalue weighted by atomic mass is 16.4. The summed E-state index contributed by atoms with van der Waals surface area (Å²) in [5, 5.41) is 18.9. The Morgan fingerprint density at radius 1 is 1.12 bits per heavy atom. The van der Waals surface area contributed by atoms with Crippen LogP contribution in [0.3, 0.4) is 0 Å². The topological polar surface area (TPSA) is 57.5 Å². The van der Waals surface area contributed by atoms with E-state index in [2.05, 4.69) is 13.0 Å². The Bertz CT molecular complexity index is 364. The molecule has 3 heteroatoms. The van der Waals surface area contributed by atoms with E-state index in [9.17, 15) is 9.90 Å². The third kappa shape index (κ3) is 8.86. The second-order valence-electron chi connectivity index (χ2n) is 7.68. The van der Waals surface area contributed by atoms with E-state index in [4.69, 9.17) is 5.11 Å². The zero-order valence-electron chi connectivity index (χ0n) is 15.8. The van der Waals surface area contributed by atoms with Gasteiger partial charge in [0.1, 0.15) is 0 Å². The number of carbonyl (C=O) groups is 1. The standard InChI is InChI=1S/C21H38O3/c1-3-4-6-14-20(22)16-15-19-13-9-12-18(19)11-8-5-7-10-17(2)21(23)24/h15-20,22H,3-14H2,1-2H3,(H,23,24)/b16-15+/t17?,18-,19+,20?/m0/s1. The molecule has 1 rings (SSSR count). The molecule has 0 radical (unpaired) electrons. The van der Waals surface area contributed by atoms with Gasteiger partial charge in [-0.1, -0.05) is 70.9 Å². The maximum atomic E-state index is 10.8. The molecule has 1 fully saturated rings. The molecule has 1 aliphatic carbocycles. The van der Waals surface area contributed by atoms with Crippen molar-refractivity contribution in [3.05, 3.63) is 12.2 Å². The molecule has 1 saturated carbocycles. The Morgan fingerprint density at radius 3 is 2.58 bits per heavy atom. The highest BCUT2D eigenvalue weighted by Gasteiger charge is 2.24. The first-order valence-corrected chi connectivity index (χ1v) is 10.1. The molecule has 140 valence electrons. The molecular formula is C21H38O3. The summed E-state index contributed by atoms with van der Waals surface area (Å²) < 4.78 is 0. The van der Waals surface area contributed by atoms with Crippen LogP contribution in [-0.4, -0.2) is 22.3 Å². The fraction of sp³-hybridized carbons (Fsp3) is 0.857. The second kappa shape index (κ2) is 12.5. The van der Waals surface area contributed by atoms with Gasteiger partial charge >= 0.3 is 5.97 Å². The number of aliphatic hydroxyl groups excluding tert-OH is 1. The number of aliphatic carboxylic acids is 1. The third-order valence-corrected chi connectivity index (χ3v) is 5.54. The average Bonchev–Trinajstić information content (AvgIpc) is 3.00. The molecule has 0 aromatic carbocycles. The van der Waals surface area contributed by atoms with Gasteiger partial charge < -0.3 is 10.2 Å². The lowest BCUT2D eigenvalue weighted by molar-refractivity contribution is -0.141. The second-order valence-corrected chi connectivity index (χ2v) is 7.68. The summed E-state index contributed by atoms with van der Waals surface area (Å²) in [6.07, 6.45) is 17.8. The van der Waals surface area contributed by atoms with Crippen LogP contribution in [0.2, 0.25) is 0 Å². The molecule has 0 aromatic rings. The smallest absolute Gasteiger partial charge is 0.306 e. The lowest BCUT2D eigenvalue weighted by Gasteiger charge is -2.17. The first kappa shape index (κ1) is 21.2. The molecule has 0 saturated heterocycles. The van der Waals surface area contributed by atoms with Crippen molar-refractivity contribution in [2.75, 3.05) is 0 Å². The first-order valence-electron chi connectivity index (χ1n) is 10.1. The van der Waals surface area contributed by atoms with E-state index in [1.54, 1.807) is 6.92 Å². The Kier molecular flexibility index (Phi) is 11.1. The predicted molar refractivity (Wildman–Crippen MR) is 100 cm³/mol. The van der Waals surface area contributed by atoms with Crippen molar-refractivity contribution in [3.63, 3.8) is 0 Å². The number of aliphatic hydroxyl groups is 1. The van der Waals surface area contributed by atoms with E-state index < -0.39 is 5.97 Å². The highest BCUT2D eigenvalue weighted by Crippen LogP contribution is 2.36. The number of allylic oxidation sites excluding steroid dienone is 1. The number of carboxylic acid groups (broad SMARTS) is 1. The molecule has 1 aliphatic rings. The van der Waals surface area contributed by atoms with Gasteiger partial charge in [0.05, 0.1) is 12.0 Å². The summed E-state index contributed by atoms with van der Waals surface area (Å²) in [6.45, 7) is 3.99. The largest absolute Gasteiger partial charge is 0.481 e. The van der Waals surface area contributed by atoms with Crippen molar-refractivity contribution in [2.24, 2.45) is 17.8 Å². The van der Waals surface area contributed by atoms with Crippen LogP contribution in [0.15, 0.2) is 12.2 Å². The monoisotopic (exact) mass is 338 g/mol. The number of hydrogen-bond acceptors (Lipinski definition) is 2. The zero-order chi connectivity index (χ0) is 17.8. The summed E-state index contributed by atoms with van der Waals surface area (Å²) in [5.74, 6) is 0.527. The number of hydrogen-bond donors (Lipinski definition) is 2. The number of carboxylic acids is 1. The van der Waals surface area contributed by atoms with Crippen LogP contribution >= 0.6 is 0 Å². The lowest BCUT2D eigenvalue weighted by Crippen LogP contribution is -2.09. The number of rotatable bonds is 13. The molecule has 2 N–H and O–H groups in total. The van der Waals surface area contributed by atoms with Crippen LogP contribution in [-0.2, 0) is 4.79 Å². The highest BCUT2D eigenvalue weighted by molar-refractivity contribution is 5.69. The molecule has 0 aliphatic heterocycles. The Balaban J connectivity index is 2.19. The van der Waals surface area contributed by atoms with Crippen LogP contribution in [0, 0.1) is 17.8 Å². The minimum Gasteiger partial charge on any atom is -0.481 e. The van der Waals surface area contributed by atoms with Gasteiger partial charge in [-0.25, -0.2) is 0 Å². The molecule has 0 amide bonds. The number of unbranched alkanes of at least 4 members (excludes halogenated alkanes) is 4. The molecule has 4 atom stereocenters. The van der Waals surface area contributed by atoms with Crippen LogP contribution in [0.4, 0.5) is 0 Å². The van der Waals surface area contributed by atoms with Crippen molar-refractivity contribution >= 4 is 5.97 Å². The van der Waals surface area contributed by atoms with E-state index in [0.717, 1.165) is 38.0 Å². The summed E-state index contributed by atoms with van der Waals surface area (Å²) in [5.41, 5.74) is 0. The Morgan fingerprint density at radius 2 is 1.88 bits per heavy atom. The molecule has 2 unspecified atom stereocenters. The average molecular weight is 339 g/mol. The van der Waals surface area contributed by atoms with Gasteiger partial charge in [0, 0.05) is 0 Å². The van der Waals surface area contributed by atoms with Crippen molar-refractivity contribution in [1.82, 2.24) is 0 Å². The van der Waals surface area contributed by atoms with E-state index in [-0.39, 0.29) is 12.0 Å². The minimum absolute atomic E-state index is 0.207. The summed E-state index contributed by atoms with van der Waals surface area (Å²) >= 11 is 0. The lowest BCUT2D eigenvalue weighted by atomic mass is 9.89. The molecule has 24 heavy (non-hydrogen) atoms. The minimum atomic E-state index is -0.673. The molecule has 0 spiro atoms. The van der Waals surface area contributed by atoms with E-state index in [1.807, 2.05) is 6.08 Å². The van der Waals surface area contributed by atoms with Crippen molar-refractivity contribution < 1.29 is 15.0 Å². The van der Waals surface area contributed by atoms with Crippen LogP contribution < -0.4 is 0 Å². The van der Waals surface area contributed by atoms with E-state index in [1.165, 1.54) is 44.9 Å². The predicted octanol–water partition coefficient (Wildman–Crippen LogP) is 5.57. The van der Waals surface area contributed by atoms with E-state index >= 15 is 0 Å². The van der Waals surface area contributed by atoms with Crippen molar-refractivity contribution in [3.8, 4) is 0 Å². The fourth-order valence-corrected chi connectivity index (χ4v) is 3.81. The van der Waals surface area contributed by atoms with Gasteiger partial charge in [-0.15, -0.1) is 0 Å². The Hall–Kier alpha value is -0.830. The molecule has 0 aromatic heterocycles. The summed E-state index contributed by atoms with van der Waals surface area (Å²) in [6, 6.07) is 0. The summed E-state index contributed by atoms with van der Waals surface area (Å²) in [7, 11) is 0. The maximum Gasteiger partial charge on any atom is 0.306 e. The fourth-order valence-electron chi connectivity index (χ4n) is 3.81. The van der Waals surface area contributed by atoms with Crippen LogP contribution in [0.25, 0.3) is 0 Å². The zero-order valence-corrected chi connectivity index (χ0v) is 15.8. The maximum absolute atomic E-state index is 10.8. The van der Waals surface area contributed by atoms with Crippen molar-refractivity contribution in [2.45, 2.75) is 97.0 Å². The quantitative estimate of drug-likeness (QED) is 0.341. The van der Waals surface area contributed by atoms with Crippen LogP contribution in [0.5, 0.6) is 0 Å². The van der Waals surface area contributed by atoms with Gasteiger partial charge in [-0.3, -0.25) is 4.79 Å². The molecular weight excluding hydrogens is 300 g/mol. The normalized spacial score (nSPS) is 23.6. The van der Waals surface area contributed by atoms with Gasteiger partial charge in [-0.2, -0.15) is 0 Å². The first-order chi connectivity index (χ1) is 11.5. The van der Waals surface area contributed by atoms with Gasteiger partial charge in [0.2, 0.25) is 0 Å². The van der Waals surface area contributed by atoms with E-state index in [0.29, 0.717) is 5.92 Å². The molecule has 3 nitrogen and oxygen atoms in total. The third-order valence-electron chi connectivity index (χ3n) is 5.54. The van der Waals surface area contributed by atoms with Gasteiger partial charge in [-0.05, 0) is 43.9 Å².